The predicted octanol–water partition coefficient (Wildman–Crippen LogP) is 5.69. The summed E-state index contributed by atoms with van der Waals surface area (Å²) in [6, 6.07) is 7.73. The molecule has 6 heteroatoms. The quantitative estimate of drug-likeness (QED) is 0.522. The average Bonchev–Trinajstić information content (AvgIpc) is 3.36. The Bertz CT molecular complexity index is 922. The number of nitrogens with zero attached hydrogens (tertiary/aromatic N) is 3. The molecule has 1 aromatic carbocycles. The Morgan fingerprint density at radius 1 is 1.14 bits per heavy atom. The van der Waals surface area contributed by atoms with Gasteiger partial charge in [-0.05, 0) is 88.6 Å². The Labute approximate surface area is 212 Å². The zero-order valence-corrected chi connectivity index (χ0v) is 22.7. The molecule has 2 amide bonds. The lowest BCUT2D eigenvalue weighted by atomic mass is 9.73. The highest BCUT2D eigenvalue weighted by Crippen LogP contribution is 2.48. The first-order chi connectivity index (χ1) is 16.7. The van der Waals surface area contributed by atoms with Crippen LogP contribution in [0.2, 0.25) is 0 Å². The number of likely N-dealkylation sites (tertiary alicyclic amines) is 2. The summed E-state index contributed by atoms with van der Waals surface area (Å²) in [6.07, 6.45) is 6.21. The zero-order valence-electron chi connectivity index (χ0n) is 22.7. The third-order valence-corrected chi connectivity index (χ3v) is 8.94. The topological polar surface area (TPSA) is 53.1 Å². The van der Waals surface area contributed by atoms with E-state index in [1.165, 1.54) is 11.1 Å². The molecular weight excluding hydrogens is 438 g/mol. The van der Waals surface area contributed by atoms with Crippen molar-refractivity contribution in [1.29, 1.82) is 0 Å². The summed E-state index contributed by atoms with van der Waals surface area (Å²) in [5.74, 6) is 0.619. The number of piperidine rings is 1. The number of anilines is 1. The van der Waals surface area contributed by atoms with Crippen molar-refractivity contribution in [3.8, 4) is 0 Å². The molecule has 0 saturated carbocycles. The number of carbonyl (C=O) groups excluding carboxylic acids is 2. The Morgan fingerprint density at radius 3 is 2.46 bits per heavy atom. The normalized spacial score (nSPS) is 24.8. The summed E-state index contributed by atoms with van der Waals surface area (Å²) in [4.78, 5) is 31.8. The van der Waals surface area contributed by atoms with Crippen molar-refractivity contribution in [3.05, 3.63) is 29.3 Å². The number of rotatable bonds is 6. The summed E-state index contributed by atoms with van der Waals surface area (Å²) >= 11 is 0. The van der Waals surface area contributed by atoms with Gasteiger partial charge in [0.1, 0.15) is 0 Å². The van der Waals surface area contributed by atoms with E-state index in [1.807, 2.05) is 16.7 Å². The Hall–Kier alpha value is -2.08. The number of carbonyl (C=O) groups is 2. The van der Waals surface area contributed by atoms with Crippen LogP contribution in [0.1, 0.15) is 97.1 Å². The second-order valence-electron chi connectivity index (χ2n) is 11.3. The maximum Gasteiger partial charge on any atom is 0.410 e. The van der Waals surface area contributed by atoms with Crippen LogP contribution >= 0.6 is 0 Å². The maximum atomic E-state index is 12.6. The Balaban J connectivity index is 1.48. The number of hydrogen-bond acceptors (Lipinski definition) is 4. The van der Waals surface area contributed by atoms with E-state index in [9.17, 15) is 9.59 Å². The molecule has 3 aliphatic heterocycles. The highest BCUT2D eigenvalue weighted by atomic mass is 16.6. The number of benzene rings is 1. The molecule has 3 atom stereocenters. The number of amides is 2. The van der Waals surface area contributed by atoms with E-state index in [0.29, 0.717) is 18.6 Å². The van der Waals surface area contributed by atoms with Gasteiger partial charge in [0.25, 0.3) is 0 Å². The second-order valence-corrected chi connectivity index (χ2v) is 11.3. The van der Waals surface area contributed by atoms with Gasteiger partial charge in [-0.25, -0.2) is 4.79 Å². The van der Waals surface area contributed by atoms with Crippen LogP contribution in [0.15, 0.2) is 18.2 Å². The van der Waals surface area contributed by atoms with Crippen LogP contribution < -0.4 is 4.90 Å². The predicted molar refractivity (Wildman–Crippen MR) is 141 cm³/mol. The molecule has 3 unspecified atom stereocenters. The minimum atomic E-state index is -0.150. The van der Waals surface area contributed by atoms with Gasteiger partial charge < -0.3 is 19.4 Å². The van der Waals surface area contributed by atoms with Crippen molar-refractivity contribution < 1.29 is 14.3 Å². The number of hydrogen-bond donors (Lipinski definition) is 0. The maximum absolute atomic E-state index is 12.6. The molecule has 0 aromatic heterocycles. The van der Waals surface area contributed by atoms with Crippen molar-refractivity contribution >= 4 is 17.7 Å². The molecule has 0 aliphatic carbocycles. The minimum absolute atomic E-state index is 0.0551. The van der Waals surface area contributed by atoms with Crippen LogP contribution in [0.25, 0.3) is 0 Å². The fourth-order valence-corrected chi connectivity index (χ4v) is 6.79. The van der Waals surface area contributed by atoms with Crippen molar-refractivity contribution in [3.63, 3.8) is 0 Å². The molecule has 6 nitrogen and oxygen atoms in total. The van der Waals surface area contributed by atoms with Gasteiger partial charge in [-0.1, -0.05) is 32.9 Å². The molecule has 3 heterocycles. The van der Waals surface area contributed by atoms with Crippen LogP contribution in [0.3, 0.4) is 0 Å². The molecule has 35 heavy (non-hydrogen) atoms. The van der Waals surface area contributed by atoms with E-state index in [4.69, 9.17) is 4.74 Å². The Kier molecular flexibility index (Phi) is 7.80. The minimum Gasteiger partial charge on any atom is -0.450 e. The first-order valence-corrected chi connectivity index (χ1v) is 13.8. The molecule has 0 N–H and O–H groups in total. The van der Waals surface area contributed by atoms with Crippen LogP contribution in [0.4, 0.5) is 10.5 Å². The molecule has 2 fully saturated rings. The van der Waals surface area contributed by atoms with E-state index in [2.05, 4.69) is 50.8 Å². The lowest BCUT2D eigenvalue weighted by Gasteiger charge is -2.44. The second kappa shape index (κ2) is 10.5. The molecule has 1 aromatic rings. The average molecular weight is 484 g/mol. The standard InChI is InChI=1S/C29H45N3O3/c1-7-24(18-25-11-9-21(5)32(25)28(34)35-8-2)30-15-13-29(14-16-30)19-31(22(6)33)27-12-10-23(20(3)4)17-26(27)29/h10,12,17,20-21,24-25H,7-9,11,13-16,18-19H2,1-6H3. The molecule has 1 spiro atoms. The third kappa shape index (κ3) is 4.96. The molecule has 2 saturated heterocycles. The summed E-state index contributed by atoms with van der Waals surface area (Å²) in [5, 5.41) is 0. The lowest BCUT2D eigenvalue weighted by molar-refractivity contribution is -0.116. The zero-order chi connectivity index (χ0) is 25.3. The van der Waals surface area contributed by atoms with Gasteiger partial charge in [0.15, 0.2) is 0 Å². The van der Waals surface area contributed by atoms with Gasteiger partial charge >= 0.3 is 6.09 Å². The monoisotopic (exact) mass is 483 g/mol. The molecule has 194 valence electrons. The molecule has 4 rings (SSSR count). The van der Waals surface area contributed by atoms with Crippen LogP contribution in [0.5, 0.6) is 0 Å². The number of ether oxygens (including phenoxy) is 1. The van der Waals surface area contributed by atoms with Gasteiger partial charge in [0.2, 0.25) is 5.91 Å². The van der Waals surface area contributed by atoms with Crippen molar-refractivity contribution in [2.75, 3.05) is 31.1 Å². The first-order valence-electron chi connectivity index (χ1n) is 13.8. The van der Waals surface area contributed by atoms with Crippen molar-refractivity contribution in [2.45, 2.75) is 110 Å². The molecule has 0 radical (unpaired) electrons. The smallest absolute Gasteiger partial charge is 0.410 e. The highest BCUT2D eigenvalue weighted by Gasteiger charge is 2.47. The van der Waals surface area contributed by atoms with E-state index in [-0.39, 0.29) is 29.5 Å². The fourth-order valence-electron chi connectivity index (χ4n) is 6.79. The fraction of sp³-hybridized carbons (Fsp3) is 0.724. The summed E-state index contributed by atoms with van der Waals surface area (Å²) in [5.41, 5.74) is 3.91. The highest BCUT2D eigenvalue weighted by molar-refractivity contribution is 5.94. The van der Waals surface area contributed by atoms with Gasteiger partial charge in [0.05, 0.1) is 6.61 Å². The summed E-state index contributed by atoms with van der Waals surface area (Å²) in [7, 11) is 0. The summed E-state index contributed by atoms with van der Waals surface area (Å²) in [6.45, 7) is 15.8. The van der Waals surface area contributed by atoms with Crippen molar-refractivity contribution in [1.82, 2.24) is 9.80 Å². The molecular formula is C29H45N3O3. The van der Waals surface area contributed by atoms with Crippen molar-refractivity contribution in [2.24, 2.45) is 0 Å². The molecule has 3 aliphatic rings. The van der Waals surface area contributed by atoms with E-state index < -0.39 is 0 Å². The van der Waals surface area contributed by atoms with Gasteiger partial charge in [-0.3, -0.25) is 4.79 Å². The first kappa shape index (κ1) is 26.0. The van der Waals surface area contributed by atoms with Gasteiger partial charge in [-0.2, -0.15) is 0 Å². The largest absolute Gasteiger partial charge is 0.450 e. The third-order valence-electron chi connectivity index (χ3n) is 8.94. The van der Waals surface area contributed by atoms with E-state index >= 15 is 0 Å². The van der Waals surface area contributed by atoms with Crippen LogP contribution in [0, 0.1) is 0 Å². The van der Waals surface area contributed by atoms with Crippen LogP contribution in [-0.4, -0.2) is 66.2 Å². The van der Waals surface area contributed by atoms with E-state index in [1.54, 1.807) is 6.92 Å². The van der Waals surface area contributed by atoms with Gasteiger partial charge in [-0.15, -0.1) is 0 Å². The van der Waals surface area contributed by atoms with Gasteiger partial charge in [0, 0.05) is 42.7 Å². The molecule has 0 bridgehead atoms. The summed E-state index contributed by atoms with van der Waals surface area (Å²) < 4.78 is 5.38. The lowest BCUT2D eigenvalue weighted by Crippen LogP contribution is -2.51. The van der Waals surface area contributed by atoms with Crippen LogP contribution in [-0.2, 0) is 14.9 Å². The number of fused-ring (bicyclic) bond motifs is 2. The Morgan fingerprint density at radius 2 is 1.86 bits per heavy atom. The SMILES string of the molecule is CCOC(=O)N1C(C)CCC1CC(CC)N1CCC2(CC1)CN(C(C)=O)c1ccc(C(C)C)cc12. The van der Waals surface area contributed by atoms with E-state index in [0.717, 1.165) is 63.8 Å².